The van der Waals surface area contributed by atoms with Crippen LogP contribution in [-0.2, 0) is 4.74 Å². The average Bonchev–Trinajstić information content (AvgIpc) is 3.10. The largest absolute Gasteiger partial charge is 0.496 e. The standard InChI is InChI=1S/C18H24N2O4/c1-3-4-11-23-12-7-10-19-18(21)15-13-17(24-20-15)14-8-5-6-9-16(14)22-2/h5-6,8-9,13H,3-4,7,10-12H2,1-2H3,(H,19,21). The van der Waals surface area contributed by atoms with Crippen molar-refractivity contribution in [2.75, 3.05) is 26.9 Å². The number of unbranched alkanes of at least 4 members (excludes halogenated alkanes) is 1. The van der Waals surface area contributed by atoms with Gasteiger partial charge in [-0.2, -0.15) is 0 Å². The summed E-state index contributed by atoms with van der Waals surface area (Å²) in [4.78, 5) is 12.1. The second-order valence-corrected chi connectivity index (χ2v) is 5.35. The molecule has 6 heteroatoms. The van der Waals surface area contributed by atoms with Gasteiger partial charge < -0.3 is 19.3 Å². The highest BCUT2D eigenvalue weighted by Gasteiger charge is 2.15. The Balaban J connectivity index is 1.83. The van der Waals surface area contributed by atoms with Crippen molar-refractivity contribution < 1.29 is 18.8 Å². The number of ether oxygens (including phenoxy) is 2. The molecule has 0 aliphatic carbocycles. The molecule has 0 aliphatic heterocycles. The van der Waals surface area contributed by atoms with Crippen molar-refractivity contribution >= 4 is 5.91 Å². The molecule has 130 valence electrons. The van der Waals surface area contributed by atoms with Crippen molar-refractivity contribution in [3.05, 3.63) is 36.0 Å². The van der Waals surface area contributed by atoms with Gasteiger partial charge in [0.15, 0.2) is 11.5 Å². The van der Waals surface area contributed by atoms with Crippen LogP contribution in [0, 0.1) is 0 Å². The fourth-order valence-electron chi connectivity index (χ4n) is 2.17. The van der Waals surface area contributed by atoms with Gasteiger partial charge in [0.2, 0.25) is 0 Å². The van der Waals surface area contributed by atoms with Crippen molar-refractivity contribution in [2.45, 2.75) is 26.2 Å². The van der Waals surface area contributed by atoms with Gasteiger partial charge in [-0.15, -0.1) is 0 Å². The molecule has 0 fully saturated rings. The van der Waals surface area contributed by atoms with Crippen LogP contribution in [0.15, 0.2) is 34.9 Å². The zero-order valence-electron chi connectivity index (χ0n) is 14.2. The Morgan fingerprint density at radius 1 is 1.25 bits per heavy atom. The molecule has 0 saturated heterocycles. The lowest BCUT2D eigenvalue weighted by molar-refractivity contribution is 0.0931. The summed E-state index contributed by atoms with van der Waals surface area (Å²) in [6.45, 7) is 4.09. The summed E-state index contributed by atoms with van der Waals surface area (Å²) in [5.41, 5.74) is 1.01. The summed E-state index contributed by atoms with van der Waals surface area (Å²) in [7, 11) is 1.59. The van der Waals surface area contributed by atoms with E-state index in [4.69, 9.17) is 14.0 Å². The van der Waals surface area contributed by atoms with E-state index in [1.807, 2.05) is 24.3 Å². The third-order valence-corrected chi connectivity index (χ3v) is 3.51. The Morgan fingerprint density at radius 2 is 2.04 bits per heavy atom. The summed E-state index contributed by atoms with van der Waals surface area (Å²) < 4.78 is 16.0. The first-order chi connectivity index (χ1) is 11.8. The Hall–Kier alpha value is -2.34. The molecular formula is C18H24N2O4. The van der Waals surface area contributed by atoms with E-state index >= 15 is 0 Å². The zero-order chi connectivity index (χ0) is 17.2. The van der Waals surface area contributed by atoms with E-state index in [1.54, 1.807) is 13.2 Å². The van der Waals surface area contributed by atoms with Gasteiger partial charge in [-0.25, -0.2) is 0 Å². The number of rotatable bonds is 10. The molecule has 1 aromatic carbocycles. The predicted octanol–water partition coefficient (Wildman–Crippen LogP) is 3.29. The third-order valence-electron chi connectivity index (χ3n) is 3.51. The van der Waals surface area contributed by atoms with Crippen molar-refractivity contribution in [3.8, 4) is 17.1 Å². The van der Waals surface area contributed by atoms with Gasteiger partial charge in [-0.3, -0.25) is 4.79 Å². The number of nitrogens with one attached hydrogen (secondary N) is 1. The van der Waals surface area contributed by atoms with Gasteiger partial charge in [0.1, 0.15) is 5.75 Å². The lowest BCUT2D eigenvalue weighted by atomic mass is 10.1. The Kier molecular flexibility index (Phi) is 7.29. The summed E-state index contributed by atoms with van der Waals surface area (Å²) in [5, 5.41) is 6.64. The van der Waals surface area contributed by atoms with Crippen LogP contribution in [0.4, 0.5) is 0 Å². The van der Waals surface area contributed by atoms with E-state index in [0.29, 0.717) is 24.7 Å². The summed E-state index contributed by atoms with van der Waals surface area (Å²) in [6.07, 6.45) is 2.96. The van der Waals surface area contributed by atoms with E-state index < -0.39 is 0 Å². The normalized spacial score (nSPS) is 10.6. The van der Waals surface area contributed by atoms with Gasteiger partial charge in [0, 0.05) is 25.8 Å². The monoisotopic (exact) mass is 332 g/mol. The van der Waals surface area contributed by atoms with Crippen LogP contribution >= 0.6 is 0 Å². The minimum absolute atomic E-state index is 0.253. The van der Waals surface area contributed by atoms with Crippen LogP contribution in [0.5, 0.6) is 5.75 Å². The number of benzene rings is 1. The van der Waals surface area contributed by atoms with E-state index in [9.17, 15) is 4.79 Å². The maximum absolute atomic E-state index is 12.1. The summed E-state index contributed by atoms with van der Waals surface area (Å²) in [6, 6.07) is 9.04. The van der Waals surface area contributed by atoms with Crippen molar-refractivity contribution in [1.29, 1.82) is 0 Å². The third kappa shape index (κ3) is 5.09. The average molecular weight is 332 g/mol. The van der Waals surface area contributed by atoms with Crippen LogP contribution in [0.2, 0.25) is 0 Å². The first-order valence-corrected chi connectivity index (χ1v) is 8.22. The molecule has 0 saturated carbocycles. The number of nitrogens with zero attached hydrogens (tertiary/aromatic N) is 1. The van der Waals surface area contributed by atoms with Crippen molar-refractivity contribution in [1.82, 2.24) is 10.5 Å². The molecular weight excluding hydrogens is 308 g/mol. The highest BCUT2D eigenvalue weighted by atomic mass is 16.5. The zero-order valence-corrected chi connectivity index (χ0v) is 14.2. The number of methoxy groups -OCH3 is 1. The maximum atomic E-state index is 12.1. The first kappa shape index (κ1) is 18.0. The number of para-hydroxylation sites is 1. The molecule has 2 rings (SSSR count). The second-order valence-electron chi connectivity index (χ2n) is 5.35. The predicted molar refractivity (Wildman–Crippen MR) is 91.2 cm³/mol. The minimum Gasteiger partial charge on any atom is -0.496 e. The van der Waals surface area contributed by atoms with Gasteiger partial charge >= 0.3 is 0 Å². The van der Waals surface area contributed by atoms with Crippen LogP contribution in [0.25, 0.3) is 11.3 Å². The quantitative estimate of drug-likeness (QED) is 0.676. The molecule has 0 bridgehead atoms. The SMILES string of the molecule is CCCCOCCCNC(=O)c1cc(-c2ccccc2OC)on1. The Bertz CT molecular complexity index is 639. The van der Waals surface area contributed by atoms with Crippen LogP contribution < -0.4 is 10.1 Å². The summed E-state index contributed by atoms with van der Waals surface area (Å²) >= 11 is 0. The highest BCUT2D eigenvalue weighted by Crippen LogP contribution is 2.29. The maximum Gasteiger partial charge on any atom is 0.273 e. The number of aromatic nitrogens is 1. The van der Waals surface area contributed by atoms with Crippen LogP contribution in [0.1, 0.15) is 36.7 Å². The lowest BCUT2D eigenvalue weighted by Crippen LogP contribution is -2.25. The Labute approximate surface area is 142 Å². The van der Waals surface area contributed by atoms with Crippen LogP contribution in [-0.4, -0.2) is 37.9 Å². The van der Waals surface area contributed by atoms with Gasteiger partial charge in [-0.1, -0.05) is 30.6 Å². The molecule has 0 spiro atoms. The fraction of sp³-hybridized carbons (Fsp3) is 0.444. The first-order valence-electron chi connectivity index (χ1n) is 8.22. The molecule has 2 aromatic rings. The topological polar surface area (TPSA) is 73.6 Å². The molecule has 1 aromatic heterocycles. The Morgan fingerprint density at radius 3 is 2.83 bits per heavy atom. The molecule has 0 unspecified atom stereocenters. The fourth-order valence-corrected chi connectivity index (χ4v) is 2.17. The number of carbonyl (C=O) groups excluding carboxylic acids is 1. The van der Waals surface area contributed by atoms with Gasteiger partial charge in [-0.05, 0) is 25.0 Å². The van der Waals surface area contributed by atoms with Gasteiger partial charge in [0.25, 0.3) is 5.91 Å². The summed E-state index contributed by atoms with van der Waals surface area (Å²) in [5.74, 6) is 0.916. The van der Waals surface area contributed by atoms with E-state index in [0.717, 1.165) is 31.4 Å². The number of amides is 1. The minimum atomic E-state index is -0.256. The molecule has 0 aliphatic rings. The number of carbonyl (C=O) groups is 1. The molecule has 0 atom stereocenters. The lowest BCUT2D eigenvalue weighted by Gasteiger charge is -2.04. The van der Waals surface area contributed by atoms with Crippen LogP contribution in [0.3, 0.4) is 0 Å². The molecule has 24 heavy (non-hydrogen) atoms. The van der Waals surface area contributed by atoms with E-state index in [1.165, 1.54) is 0 Å². The smallest absolute Gasteiger partial charge is 0.273 e. The van der Waals surface area contributed by atoms with Gasteiger partial charge in [0.05, 0.1) is 12.7 Å². The molecule has 1 amide bonds. The number of hydrogen-bond donors (Lipinski definition) is 1. The van der Waals surface area contributed by atoms with Crippen molar-refractivity contribution in [2.24, 2.45) is 0 Å². The highest BCUT2D eigenvalue weighted by molar-refractivity contribution is 5.93. The second kappa shape index (κ2) is 9.72. The van der Waals surface area contributed by atoms with E-state index in [-0.39, 0.29) is 11.6 Å². The number of hydrogen-bond acceptors (Lipinski definition) is 5. The van der Waals surface area contributed by atoms with E-state index in [2.05, 4.69) is 17.4 Å². The molecule has 1 N–H and O–H groups in total. The molecule has 1 heterocycles. The molecule has 6 nitrogen and oxygen atoms in total. The van der Waals surface area contributed by atoms with Crippen molar-refractivity contribution in [3.63, 3.8) is 0 Å². The molecule has 0 radical (unpaired) electrons.